The third kappa shape index (κ3) is 8.41. The second kappa shape index (κ2) is 11.8. The van der Waals surface area contributed by atoms with Crippen LogP contribution in [0.25, 0.3) is 0 Å². The van der Waals surface area contributed by atoms with Gasteiger partial charge in [-0.3, -0.25) is 14.3 Å². The standard InChI is InChI=1S/C18H25N3O4S3/c1-13(28(25)18(2,3)15(22)23)11-20-17(26)21-16(24)19-9-10-27-12-14-7-5-4-6-8-14/h4-8,11H,9-10,12H2,1-3H3,(H,22,23)(H3,19,20,21,24,26)/b13-11+. The summed E-state index contributed by atoms with van der Waals surface area (Å²) in [7, 11) is -1.75. The van der Waals surface area contributed by atoms with Crippen molar-refractivity contribution in [2.45, 2.75) is 31.3 Å². The number of carboxylic acids is 1. The predicted octanol–water partition coefficient (Wildman–Crippen LogP) is 2.57. The highest BCUT2D eigenvalue weighted by atomic mass is 32.2. The molecule has 0 aliphatic carbocycles. The number of carbonyl (C=O) groups is 2. The zero-order valence-corrected chi connectivity index (χ0v) is 18.4. The fourth-order valence-electron chi connectivity index (χ4n) is 1.89. The molecule has 10 heteroatoms. The summed E-state index contributed by atoms with van der Waals surface area (Å²) in [4.78, 5) is 23.2. The van der Waals surface area contributed by atoms with E-state index in [0.717, 1.165) is 11.5 Å². The van der Waals surface area contributed by atoms with Gasteiger partial charge in [0.1, 0.15) is 4.75 Å². The molecule has 0 saturated carbocycles. The van der Waals surface area contributed by atoms with Crippen LogP contribution in [-0.4, -0.2) is 43.5 Å². The van der Waals surface area contributed by atoms with E-state index >= 15 is 0 Å². The van der Waals surface area contributed by atoms with Gasteiger partial charge in [0.25, 0.3) is 0 Å². The van der Waals surface area contributed by atoms with E-state index in [2.05, 4.69) is 28.1 Å². The van der Waals surface area contributed by atoms with Crippen LogP contribution in [0.3, 0.4) is 0 Å². The lowest BCUT2D eigenvalue weighted by Crippen LogP contribution is -2.44. The molecule has 0 radical (unpaired) electrons. The van der Waals surface area contributed by atoms with E-state index in [-0.39, 0.29) is 5.11 Å². The lowest BCUT2D eigenvalue weighted by atomic mass is 10.2. The Labute approximate surface area is 177 Å². The summed E-state index contributed by atoms with van der Waals surface area (Å²) in [6.07, 6.45) is 1.33. The van der Waals surface area contributed by atoms with Crippen molar-refractivity contribution in [3.63, 3.8) is 0 Å². The molecular formula is C18H25N3O4S3. The molecule has 0 aliphatic heterocycles. The summed E-state index contributed by atoms with van der Waals surface area (Å²) in [5.41, 5.74) is 1.23. The number of amides is 2. The SMILES string of the molecule is C/C(=C\NC(=S)NC(=O)NCCSCc1ccccc1)S(=O)C(C)(C)C(=O)O. The quantitative estimate of drug-likeness (QED) is 0.343. The monoisotopic (exact) mass is 443 g/mol. The molecule has 0 aromatic heterocycles. The van der Waals surface area contributed by atoms with Crippen LogP contribution < -0.4 is 16.0 Å². The minimum Gasteiger partial charge on any atom is -0.480 e. The first-order chi connectivity index (χ1) is 13.1. The number of urea groups is 1. The van der Waals surface area contributed by atoms with E-state index in [1.807, 2.05) is 18.2 Å². The average Bonchev–Trinajstić information content (AvgIpc) is 2.65. The van der Waals surface area contributed by atoms with Gasteiger partial charge >= 0.3 is 12.0 Å². The maximum absolute atomic E-state index is 12.2. The molecule has 1 unspecified atom stereocenters. The Morgan fingerprint density at radius 1 is 1.29 bits per heavy atom. The van der Waals surface area contributed by atoms with E-state index in [9.17, 15) is 13.8 Å². The summed E-state index contributed by atoms with van der Waals surface area (Å²) < 4.78 is 10.8. The molecule has 0 heterocycles. The van der Waals surface area contributed by atoms with Crippen molar-refractivity contribution in [1.29, 1.82) is 0 Å². The van der Waals surface area contributed by atoms with Gasteiger partial charge in [-0.1, -0.05) is 30.3 Å². The number of thiocarbonyl (C=S) groups is 1. The Morgan fingerprint density at radius 2 is 1.93 bits per heavy atom. The molecule has 28 heavy (non-hydrogen) atoms. The van der Waals surface area contributed by atoms with Crippen LogP contribution in [0.5, 0.6) is 0 Å². The number of allylic oxidation sites excluding steroid dienone is 1. The Bertz CT molecular complexity index is 752. The molecule has 0 bridgehead atoms. The van der Waals surface area contributed by atoms with Gasteiger partial charge in [0.15, 0.2) is 5.11 Å². The van der Waals surface area contributed by atoms with Crippen LogP contribution in [-0.2, 0) is 21.3 Å². The predicted molar refractivity (Wildman–Crippen MR) is 118 cm³/mol. The Kier molecular flexibility index (Phi) is 10.2. The molecule has 2 amide bonds. The van der Waals surface area contributed by atoms with Crippen LogP contribution in [0.2, 0.25) is 0 Å². The molecule has 4 N–H and O–H groups in total. The van der Waals surface area contributed by atoms with Gasteiger partial charge in [0.05, 0.1) is 10.8 Å². The van der Waals surface area contributed by atoms with Crippen molar-refractivity contribution in [2.75, 3.05) is 12.3 Å². The van der Waals surface area contributed by atoms with E-state index in [4.69, 9.17) is 17.3 Å². The minimum atomic E-state index is -1.75. The normalized spacial score (nSPS) is 12.8. The molecule has 0 fully saturated rings. The van der Waals surface area contributed by atoms with Crippen LogP contribution in [0.15, 0.2) is 41.4 Å². The number of nitrogens with one attached hydrogen (secondary N) is 3. The maximum atomic E-state index is 12.2. The van der Waals surface area contributed by atoms with E-state index in [1.165, 1.54) is 32.5 Å². The van der Waals surface area contributed by atoms with Gasteiger partial charge in [-0.15, -0.1) is 0 Å². The molecule has 1 aromatic rings. The van der Waals surface area contributed by atoms with Gasteiger partial charge < -0.3 is 15.7 Å². The summed E-state index contributed by atoms with van der Waals surface area (Å²) in [6.45, 7) is 4.77. The second-order valence-corrected chi connectivity index (χ2v) is 9.95. The largest absolute Gasteiger partial charge is 0.480 e. The van der Waals surface area contributed by atoms with Crippen molar-refractivity contribution in [1.82, 2.24) is 16.0 Å². The number of rotatable bonds is 9. The third-order valence-electron chi connectivity index (χ3n) is 3.55. The molecule has 0 aliphatic rings. The van der Waals surface area contributed by atoms with Gasteiger partial charge in [-0.25, -0.2) is 4.79 Å². The number of aliphatic carboxylic acids is 1. The van der Waals surface area contributed by atoms with Crippen LogP contribution in [0.1, 0.15) is 26.3 Å². The molecule has 7 nitrogen and oxygen atoms in total. The fourth-order valence-corrected chi connectivity index (χ4v) is 3.99. The zero-order chi connectivity index (χ0) is 21.2. The lowest BCUT2D eigenvalue weighted by molar-refractivity contribution is -0.139. The smallest absolute Gasteiger partial charge is 0.322 e. The van der Waals surface area contributed by atoms with Gasteiger partial charge in [-0.05, 0) is 38.6 Å². The number of benzene rings is 1. The third-order valence-corrected chi connectivity index (χ3v) is 6.60. The summed E-state index contributed by atoms with van der Waals surface area (Å²) in [5.74, 6) is 0.465. The van der Waals surface area contributed by atoms with Crippen molar-refractivity contribution in [2.24, 2.45) is 0 Å². The minimum absolute atomic E-state index is 0.0268. The van der Waals surface area contributed by atoms with E-state index in [1.54, 1.807) is 11.8 Å². The Balaban J connectivity index is 2.29. The van der Waals surface area contributed by atoms with Gasteiger partial charge in [-0.2, -0.15) is 11.8 Å². The van der Waals surface area contributed by atoms with Gasteiger partial charge in [0, 0.05) is 29.2 Å². The zero-order valence-electron chi connectivity index (χ0n) is 16.0. The first-order valence-corrected chi connectivity index (χ1v) is 11.1. The molecule has 1 atom stereocenters. The molecule has 0 spiro atoms. The summed E-state index contributed by atoms with van der Waals surface area (Å²) in [5, 5.41) is 16.9. The van der Waals surface area contributed by atoms with Crippen molar-refractivity contribution in [3.8, 4) is 0 Å². The number of hydrogen-bond acceptors (Lipinski definition) is 5. The van der Waals surface area contributed by atoms with E-state index in [0.29, 0.717) is 11.4 Å². The van der Waals surface area contributed by atoms with Crippen molar-refractivity contribution in [3.05, 3.63) is 47.0 Å². The highest BCUT2D eigenvalue weighted by Crippen LogP contribution is 2.19. The maximum Gasteiger partial charge on any atom is 0.322 e. The highest BCUT2D eigenvalue weighted by molar-refractivity contribution is 7.98. The summed E-state index contributed by atoms with van der Waals surface area (Å²) >= 11 is 6.70. The first-order valence-electron chi connectivity index (χ1n) is 8.43. The van der Waals surface area contributed by atoms with Crippen LogP contribution in [0, 0.1) is 0 Å². The Hall–Kier alpha value is -1.91. The number of carboxylic acid groups (broad SMARTS) is 1. The fraction of sp³-hybridized carbons (Fsp3) is 0.389. The number of carbonyl (C=O) groups excluding carboxylic acids is 1. The van der Waals surface area contributed by atoms with Gasteiger partial charge in [0.2, 0.25) is 0 Å². The average molecular weight is 444 g/mol. The number of hydrogen-bond donors (Lipinski definition) is 4. The van der Waals surface area contributed by atoms with Crippen LogP contribution >= 0.6 is 24.0 Å². The second-order valence-electron chi connectivity index (χ2n) is 6.23. The molecule has 154 valence electrons. The van der Waals surface area contributed by atoms with Crippen LogP contribution in [0.4, 0.5) is 4.79 Å². The van der Waals surface area contributed by atoms with Crippen molar-refractivity contribution >= 4 is 51.9 Å². The highest BCUT2D eigenvalue weighted by Gasteiger charge is 2.35. The molecular weight excluding hydrogens is 418 g/mol. The topological polar surface area (TPSA) is 108 Å². The lowest BCUT2D eigenvalue weighted by Gasteiger charge is -2.18. The number of thioether (sulfide) groups is 1. The molecule has 1 aromatic carbocycles. The Morgan fingerprint density at radius 3 is 2.54 bits per heavy atom. The van der Waals surface area contributed by atoms with E-state index < -0.39 is 27.5 Å². The molecule has 0 saturated heterocycles. The summed E-state index contributed by atoms with van der Waals surface area (Å²) in [6, 6.07) is 9.61. The first kappa shape index (κ1) is 24.1. The van der Waals surface area contributed by atoms with Crippen molar-refractivity contribution < 1.29 is 18.9 Å². The molecule has 1 rings (SSSR count).